The van der Waals surface area contributed by atoms with E-state index in [1.54, 1.807) is 11.8 Å². The van der Waals surface area contributed by atoms with Gasteiger partial charge in [0.2, 0.25) is 5.91 Å². The van der Waals surface area contributed by atoms with Gasteiger partial charge in [-0.1, -0.05) is 37.3 Å². The fourth-order valence-corrected chi connectivity index (χ4v) is 2.57. The molecule has 1 aromatic heterocycles. The Hall–Kier alpha value is -1.75. The van der Waals surface area contributed by atoms with Crippen molar-refractivity contribution < 1.29 is 4.79 Å². The number of aromatic nitrogens is 2. The Morgan fingerprint density at radius 2 is 2.15 bits per heavy atom. The van der Waals surface area contributed by atoms with Crippen LogP contribution in [0.25, 0.3) is 0 Å². The van der Waals surface area contributed by atoms with Crippen molar-refractivity contribution in [3.05, 3.63) is 47.7 Å². The molecule has 0 bridgehead atoms. The predicted octanol–water partition coefficient (Wildman–Crippen LogP) is 2.89. The molecule has 0 atom stereocenters. The highest BCUT2D eigenvalue weighted by Gasteiger charge is 2.05. The molecule has 1 heterocycles. The molecule has 5 heteroatoms. The number of hydrogen-bond donors (Lipinski definition) is 2. The first-order valence-corrected chi connectivity index (χ1v) is 7.89. The van der Waals surface area contributed by atoms with Crippen molar-refractivity contribution >= 4 is 23.5 Å². The number of hydrogen-bond acceptors (Lipinski definition) is 3. The molecule has 1 amide bonds. The fraction of sp³-hybridized carbons (Fsp3) is 0.333. The zero-order valence-corrected chi connectivity index (χ0v) is 12.4. The minimum absolute atomic E-state index is 0.00258. The van der Waals surface area contributed by atoms with Gasteiger partial charge >= 0.3 is 0 Å². The molecule has 106 valence electrons. The van der Waals surface area contributed by atoms with Gasteiger partial charge in [-0.2, -0.15) is 16.9 Å². The summed E-state index contributed by atoms with van der Waals surface area (Å²) in [5.74, 6) is 2.01. The first kappa shape index (κ1) is 14.7. The van der Waals surface area contributed by atoms with E-state index in [0.717, 1.165) is 24.3 Å². The quantitative estimate of drug-likeness (QED) is 0.771. The van der Waals surface area contributed by atoms with E-state index < -0.39 is 0 Å². The van der Waals surface area contributed by atoms with Crippen LogP contribution in [0.1, 0.15) is 18.2 Å². The summed E-state index contributed by atoms with van der Waals surface area (Å²) in [6.07, 6.45) is 1.87. The SMILES string of the molecule is CCc1cc(NC(=O)CSCCc2ccccc2)n[nH]1. The Morgan fingerprint density at radius 1 is 1.35 bits per heavy atom. The summed E-state index contributed by atoms with van der Waals surface area (Å²) in [7, 11) is 0. The van der Waals surface area contributed by atoms with Gasteiger partial charge in [-0.3, -0.25) is 9.89 Å². The number of thioether (sulfide) groups is 1. The molecule has 20 heavy (non-hydrogen) atoms. The topological polar surface area (TPSA) is 57.8 Å². The molecule has 0 unspecified atom stereocenters. The lowest BCUT2D eigenvalue weighted by Gasteiger charge is -2.02. The fourth-order valence-electron chi connectivity index (χ4n) is 1.79. The number of anilines is 1. The minimum atomic E-state index is -0.00258. The Morgan fingerprint density at radius 3 is 2.85 bits per heavy atom. The van der Waals surface area contributed by atoms with Crippen molar-refractivity contribution in [2.24, 2.45) is 0 Å². The van der Waals surface area contributed by atoms with Crippen LogP contribution in [0.3, 0.4) is 0 Å². The third-order valence-electron chi connectivity index (χ3n) is 2.89. The van der Waals surface area contributed by atoms with Crippen molar-refractivity contribution in [2.45, 2.75) is 19.8 Å². The molecule has 1 aromatic carbocycles. The van der Waals surface area contributed by atoms with Gasteiger partial charge in [0.05, 0.1) is 5.75 Å². The first-order chi connectivity index (χ1) is 9.78. The molecular formula is C15H19N3OS. The van der Waals surface area contributed by atoms with Gasteiger partial charge in [0.25, 0.3) is 0 Å². The number of nitrogens with zero attached hydrogens (tertiary/aromatic N) is 1. The molecule has 0 spiro atoms. The standard InChI is InChI=1S/C15H19N3OS/c1-2-13-10-14(18-17-13)16-15(19)11-20-9-8-12-6-4-3-5-7-12/h3-7,10H,2,8-9,11H2,1H3,(H2,16,17,18,19). The first-order valence-electron chi connectivity index (χ1n) is 6.73. The molecule has 4 nitrogen and oxygen atoms in total. The number of aromatic amines is 1. The van der Waals surface area contributed by atoms with E-state index in [4.69, 9.17) is 0 Å². The largest absolute Gasteiger partial charge is 0.308 e. The van der Waals surface area contributed by atoms with E-state index in [2.05, 4.69) is 27.6 Å². The lowest BCUT2D eigenvalue weighted by molar-refractivity contribution is -0.113. The second kappa shape index (κ2) is 7.75. The molecule has 2 rings (SSSR count). The van der Waals surface area contributed by atoms with E-state index in [1.807, 2.05) is 31.2 Å². The lowest BCUT2D eigenvalue weighted by Crippen LogP contribution is -2.14. The van der Waals surface area contributed by atoms with E-state index in [0.29, 0.717) is 11.6 Å². The Bertz CT molecular complexity index is 539. The van der Waals surface area contributed by atoms with E-state index in [9.17, 15) is 4.79 Å². The lowest BCUT2D eigenvalue weighted by atomic mass is 10.2. The number of carbonyl (C=O) groups is 1. The average molecular weight is 289 g/mol. The summed E-state index contributed by atoms with van der Waals surface area (Å²) in [5.41, 5.74) is 2.33. The summed E-state index contributed by atoms with van der Waals surface area (Å²) >= 11 is 1.64. The van der Waals surface area contributed by atoms with Gasteiger partial charge in [0, 0.05) is 11.8 Å². The molecule has 0 saturated heterocycles. The zero-order chi connectivity index (χ0) is 14.2. The third kappa shape index (κ3) is 4.74. The molecule has 0 aliphatic rings. The maximum Gasteiger partial charge on any atom is 0.235 e. The third-order valence-corrected chi connectivity index (χ3v) is 3.85. The van der Waals surface area contributed by atoms with Crippen molar-refractivity contribution in [1.29, 1.82) is 0 Å². The van der Waals surface area contributed by atoms with Crippen LogP contribution >= 0.6 is 11.8 Å². The van der Waals surface area contributed by atoms with Crippen LogP contribution in [0.5, 0.6) is 0 Å². The summed E-state index contributed by atoms with van der Waals surface area (Å²) in [6, 6.07) is 12.2. The molecule has 0 aliphatic carbocycles. The number of H-pyrrole nitrogens is 1. The average Bonchev–Trinajstić information content (AvgIpc) is 2.92. The van der Waals surface area contributed by atoms with Crippen LogP contribution < -0.4 is 5.32 Å². The van der Waals surface area contributed by atoms with Gasteiger partial charge in [-0.15, -0.1) is 0 Å². The molecule has 0 saturated carbocycles. The van der Waals surface area contributed by atoms with Crippen LogP contribution in [-0.4, -0.2) is 27.6 Å². The van der Waals surface area contributed by atoms with Crippen LogP contribution in [-0.2, 0) is 17.6 Å². The summed E-state index contributed by atoms with van der Waals surface area (Å²) in [6.45, 7) is 2.04. The summed E-state index contributed by atoms with van der Waals surface area (Å²) in [5, 5.41) is 9.71. The number of nitrogens with one attached hydrogen (secondary N) is 2. The maximum absolute atomic E-state index is 11.7. The normalized spacial score (nSPS) is 10.4. The Kier molecular flexibility index (Phi) is 5.68. The zero-order valence-electron chi connectivity index (χ0n) is 11.6. The number of carbonyl (C=O) groups excluding carboxylic acids is 1. The van der Waals surface area contributed by atoms with Gasteiger partial charge in [0.1, 0.15) is 0 Å². The second-order valence-corrected chi connectivity index (χ2v) is 5.57. The molecule has 0 radical (unpaired) electrons. The Labute approximate surface area is 123 Å². The summed E-state index contributed by atoms with van der Waals surface area (Å²) in [4.78, 5) is 11.7. The van der Waals surface area contributed by atoms with Crippen LogP contribution in [0.4, 0.5) is 5.82 Å². The van der Waals surface area contributed by atoms with E-state index in [1.165, 1.54) is 5.56 Å². The van der Waals surface area contributed by atoms with Crippen molar-refractivity contribution in [3.8, 4) is 0 Å². The number of aryl methyl sites for hydroxylation is 2. The van der Waals surface area contributed by atoms with Crippen LogP contribution in [0.15, 0.2) is 36.4 Å². The molecule has 0 aliphatic heterocycles. The molecule has 2 N–H and O–H groups in total. The molecular weight excluding hydrogens is 270 g/mol. The van der Waals surface area contributed by atoms with Gasteiger partial charge in [0.15, 0.2) is 5.82 Å². The molecule has 2 aromatic rings. The smallest absolute Gasteiger partial charge is 0.235 e. The van der Waals surface area contributed by atoms with Crippen LogP contribution in [0, 0.1) is 0 Å². The highest BCUT2D eigenvalue weighted by molar-refractivity contribution is 7.99. The highest BCUT2D eigenvalue weighted by Crippen LogP contribution is 2.09. The summed E-state index contributed by atoms with van der Waals surface area (Å²) < 4.78 is 0. The van der Waals surface area contributed by atoms with Gasteiger partial charge in [-0.05, 0) is 24.2 Å². The monoisotopic (exact) mass is 289 g/mol. The minimum Gasteiger partial charge on any atom is -0.308 e. The van der Waals surface area contributed by atoms with Crippen molar-refractivity contribution in [3.63, 3.8) is 0 Å². The number of rotatable bonds is 7. The number of amides is 1. The Balaban J connectivity index is 1.65. The van der Waals surface area contributed by atoms with Gasteiger partial charge in [-0.25, -0.2) is 0 Å². The van der Waals surface area contributed by atoms with E-state index >= 15 is 0 Å². The van der Waals surface area contributed by atoms with Crippen molar-refractivity contribution in [2.75, 3.05) is 16.8 Å². The van der Waals surface area contributed by atoms with Gasteiger partial charge < -0.3 is 5.32 Å². The van der Waals surface area contributed by atoms with Crippen molar-refractivity contribution in [1.82, 2.24) is 10.2 Å². The maximum atomic E-state index is 11.7. The number of benzene rings is 1. The second-order valence-electron chi connectivity index (χ2n) is 4.47. The van der Waals surface area contributed by atoms with Crippen LogP contribution in [0.2, 0.25) is 0 Å². The highest BCUT2D eigenvalue weighted by atomic mass is 32.2. The van der Waals surface area contributed by atoms with E-state index in [-0.39, 0.29) is 5.91 Å². The predicted molar refractivity (Wildman–Crippen MR) is 84.1 cm³/mol. The molecule has 0 fully saturated rings.